The molecule has 0 aromatic carbocycles. The monoisotopic (exact) mass is 521 g/mol. The number of aromatic amines is 1. The van der Waals surface area contributed by atoms with E-state index in [1.807, 2.05) is 20.8 Å². The summed E-state index contributed by atoms with van der Waals surface area (Å²) in [6.07, 6.45) is 7.24. The van der Waals surface area contributed by atoms with Crippen LogP contribution in [0.15, 0.2) is 9.59 Å². The summed E-state index contributed by atoms with van der Waals surface area (Å²) in [6, 6.07) is 0.169. The Morgan fingerprint density at radius 1 is 1.05 bits per heavy atom. The van der Waals surface area contributed by atoms with Crippen LogP contribution in [-0.2, 0) is 25.7 Å². The fourth-order valence-electron chi connectivity index (χ4n) is 4.65. The molecule has 1 atom stereocenters. The highest BCUT2D eigenvalue weighted by atomic mass is 16.5. The first-order valence-electron chi connectivity index (χ1n) is 13.6. The molecule has 1 fully saturated rings. The third-order valence-corrected chi connectivity index (χ3v) is 6.82. The lowest BCUT2D eigenvalue weighted by molar-refractivity contribution is -0.154. The Labute approximate surface area is 218 Å². The lowest BCUT2D eigenvalue weighted by Gasteiger charge is -2.35. The molecule has 1 aromatic rings. The molecule has 0 unspecified atom stereocenters. The van der Waals surface area contributed by atoms with Crippen LogP contribution in [0.3, 0.4) is 0 Å². The fourth-order valence-corrected chi connectivity index (χ4v) is 4.65. The average Bonchev–Trinajstić information content (AvgIpc) is 2.89. The Balaban J connectivity index is 2.08. The van der Waals surface area contributed by atoms with Gasteiger partial charge in [0.25, 0.3) is 11.5 Å². The van der Waals surface area contributed by atoms with Gasteiger partial charge in [-0.3, -0.25) is 28.7 Å². The van der Waals surface area contributed by atoms with Gasteiger partial charge in [-0.1, -0.05) is 40.0 Å². The predicted molar refractivity (Wildman–Crippen MR) is 142 cm³/mol. The van der Waals surface area contributed by atoms with Gasteiger partial charge in [-0.15, -0.1) is 0 Å². The Kier molecular flexibility index (Phi) is 12.4. The molecule has 3 N–H and O–H groups in total. The number of hydrogen-bond donors (Lipinski definition) is 2. The number of H-pyrrole nitrogens is 1. The quantitative estimate of drug-likeness (QED) is 0.282. The molecule has 1 saturated heterocycles. The van der Waals surface area contributed by atoms with E-state index in [4.69, 9.17) is 10.5 Å². The van der Waals surface area contributed by atoms with Gasteiger partial charge in [0.15, 0.2) is 12.3 Å². The molecule has 0 spiro atoms. The van der Waals surface area contributed by atoms with Crippen LogP contribution in [0.1, 0.15) is 91.4 Å². The summed E-state index contributed by atoms with van der Waals surface area (Å²) in [5.74, 6) is -1.41. The van der Waals surface area contributed by atoms with Crippen molar-refractivity contribution >= 4 is 29.3 Å². The number of piperidine rings is 1. The van der Waals surface area contributed by atoms with Crippen LogP contribution in [0.2, 0.25) is 0 Å². The number of nitrogens with two attached hydrogens (primary N) is 1. The SMILES string of the molecule is CCCCCN(C(=O)CCC(=O)OCC(=O)N1CCCC[C@@H]1CC)c1c(N)n(CCCC)c(=O)[nH]c1=O. The Hall–Kier alpha value is -3.11. The van der Waals surface area contributed by atoms with Gasteiger partial charge in [0, 0.05) is 32.1 Å². The average molecular weight is 522 g/mol. The number of nitrogens with zero attached hydrogens (tertiary/aromatic N) is 3. The number of aromatic nitrogens is 2. The van der Waals surface area contributed by atoms with Gasteiger partial charge >= 0.3 is 11.7 Å². The lowest BCUT2D eigenvalue weighted by Crippen LogP contribution is -2.45. The largest absolute Gasteiger partial charge is 0.456 e. The van der Waals surface area contributed by atoms with Gasteiger partial charge in [0.05, 0.1) is 6.42 Å². The molecule has 0 bridgehead atoms. The highest BCUT2D eigenvalue weighted by Crippen LogP contribution is 2.21. The number of nitrogen functional groups attached to an aromatic ring is 1. The molecule has 11 nitrogen and oxygen atoms in total. The zero-order valence-corrected chi connectivity index (χ0v) is 22.6. The van der Waals surface area contributed by atoms with E-state index in [2.05, 4.69) is 4.98 Å². The highest BCUT2D eigenvalue weighted by molar-refractivity contribution is 5.97. The summed E-state index contributed by atoms with van der Waals surface area (Å²) in [4.78, 5) is 68.4. The van der Waals surface area contributed by atoms with Gasteiger partial charge in [-0.25, -0.2) is 4.79 Å². The zero-order chi connectivity index (χ0) is 27.4. The van der Waals surface area contributed by atoms with E-state index in [-0.39, 0.29) is 49.4 Å². The summed E-state index contributed by atoms with van der Waals surface area (Å²) in [7, 11) is 0. The van der Waals surface area contributed by atoms with Crippen molar-refractivity contribution in [1.29, 1.82) is 0 Å². The van der Waals surface area contributed by atoms with Crippen molar-refractivity contribution in [3.63, 3.8) is 0 Å². The second kappa shape index (κ2) is 15.2. The van der Waals surface area contributed by atoms with Crippen LogP contribution in [-0.4, -0.2) is 58.0 Å². The Morgan fingerprint density at radius 2 is 1.78 bits per heavy atom. The van der Waals surface area contributed by atoms with Gasteiger partial charge in [-0.05, 0) is 38.5 Å². The van der Waals surface area contributed by atoms with Crippen molar-refractivity contribution in [2.45, 2.75) is 104 Å². The van der Waals surface area contributed by atoms with Crippen molar-refractivity contribution in [3.05, 3.63) is 20.8 Å². The summed E-state index contributed by atoms with van der Waals surface area (Å²) in [5, 5.41) is 0. The minimum Gasteiger partial charge on any atom is -0.456 e. The molecule has 1 aliphatic rings. The first kappa shape index (κ1) is 30.1. The van der Waals surface area contributed by atoms with E-state index in [1.165, 1.54) is 9.47 Å². The van der Waals surface area contributed by atoms with Crippen molar-refractivity contribution in [2.24, 2.45) is 0 Å². The number of ether oxygens (including phenoxy) is 1. The van der Waals surface area contributed by atoms with Crippen LogP contribution < -0.4 is 21.9 Å². The first-order valence-corrected chi connectivity index (χ1v) is 13.6. The second-order valence-corrected chi connectivity index (χ2v) is 9.56. The van der Waals surface area contributed by atoms with Crippen LogP contribution >= 0.6 is 0 Å². The van der Waals surface area contributed by atoms with Crippen LogP contribution in [0, 0.1) is 0 Å². The topological polar surface area (TPSA) is 148 Å². The van der Waals surface area contributed by atoms with E-state index in [9.17, 15) is 24.0 Å². The first-order chi connectivity index (χ1) is 17.7. The maximum Gasteiger partial charge on any atom is 0.330 e. The van der Waals surface area contributed by atoms with E-state index in [1.54, 1.807) is 4.90 Å². The summed E-state index contributed by atoms with van der Waals surface area (Å²) >= 11 is 0. The molecular weight excluding hydrogens is 478 g/mol. The minimum absolute atomic E-state index is 0.0627. The standard InChI is InChI=1S/C26H43N5O6/c1-4-7-10-17-30(23-24(27)31(15-8-5-2)26(36)28-25(23)35)20(32)13-14-22(34)37-18-21(33)29-16-11-9-12-19(29)6-3/h19H,4-18,27H2,1-3H3,(H,28,35,36)/t19-/m0/s1. The van der Waals surface area contributed by atoms with Crippen molar-refractivity contribution in [2.75, 3.05) is 30.3 Å². The predicted octanol–water partition coefficient (Wildman–Crippen LogP) is 2.56. The molecule has 2 rings (SSSR count). The van der Waals surface area contributed by atoms with E-state index < -0.39 is 23.1 Å². The van der Waals surface area contributed by atoms with Gasteiger partial charge < -0.3 is 20.3 Å². The number of likely N-dealkylation sites (tertiary alicyclic amines) is 1. The molecule has 0 saturated carbocycles. The second-order valence-electron chi connectivity index (χ2n) is 9.56. The Morgan fingerprint density at radius 3 is 2.46 bits per heavy atom. The molecule has 11 heteroatoms. The number of rotatable bonds is 14. The summed E-state index contributed by atoms with van der Waals surface area (Å²) in [5.41, 5.74) is 4.79. The molecule has 1 aromatic heterocycles. The fraction of sp³-hybridized carbons (Fsp3) is 0.731. The molecule has 1 aliphatic heterocycles. The molecule has 0 aliphatic carbocycles. The number of carbonyl (C=O) groups is 3. The molecule has 208 valence electrons. The third kappa shape index (κ3) is 8.46. The lowest BCUT2D eigenvalue weighted by atomic mass is 10.00. The smallest absolute Gasteiger partial charge is 0.330 e. The van der Waals surface area contributed by atoms with Gasteiger partial charge in [0.2, 0.25) is 5.91 Å². The third-order valence-electron chi connectivity index (χ3n) is 6.82. The summed E-state index contributed by atoms with van der Waals surface area (Å²) < 4.78 is 6.44. The number of carbonyl (C=O) groups excluding carboxylic acids is 3. The van der Waals surface area contributed by atoms with Gasteiger partial charge in [0.1, 0.15) is 5.82 Å². The van der Waals surface area contributed by atoms with E-state index in [0.717, 1.165) is 44.9 Å². The Bertz CT molecular complexity index is 1030. The molecule has 37 heavy (non-hydrogen) atoms. The number of anilines is 2. The minimum atomic E-state index is -0.736. The molecule has 2 amide bonds. The van der Waals surface area contributed by atoms with Crippen molar-refractivity contribution in [1.82, 2.24) is 14.5 Å². The highest BCUT2D eigenvalue weighted by Gasteiger charge is 2.27. The maximum atomic E-state index is 13.2. The summed E-state index contributed by atoms with van der Waals surface area (Å²) in [6.45, 7) is 6.88. The van der Waals surface area contributed by atoms with Crippen LogP contribution in [0.25, 0.3) is 0 Å². The zero-order valence-electron chi connectivity index (χ0n) is 22.6. The van der Waals surface area contributed by atoms with Crippen molar-refractivity contribution < 1.29 is 19.1 Å². The number of amides is 2. The number of unbranched alkanes of at least 4 members (excludes halogenated alkanes) is 3. The number of esters is 1. The van der Waals surface area contributed by atoms with E-state index >= 15 is 0 Å². The van der Waals surface area contributed by atoms with Crippen LogP contribution in [0.4, 0.5) is 11.5 Å². The van der Waals surface area contributed by atoms with Crippen LogP contribution in [0.5, 0.6) is 0 Å². The number of nitrogens with one attached hydrogen (secondary N) is 1. The van der Waals surface area contributed by atoms with E-state index in [0.29, 0.717) is 25.9 Å². The molecule has 0 radical (unpaired) electrons. The van der Waals surface area contributed by atoms with Gasteiger partial charge in [-0.2, -0.15) is 0 Å². The molecular formula is C26H43N5O6. The van der Waals surface area contributed by atoms with Crippen molar-refractivity contribution in [3.8, 4) is 0 Å². The molecule has 2 heterocycles. The normalized spacial score (nSPS) is 15.4. The number of hydrogen-bond acceptors (Lipinski definition) is 7. The maximum absolute atomic E-state index is 13.2.